The third-order valence-electron chi connectivity index (χ3n) is 5.13. The van der Waals surface area contributed by atoms with Crippen molar-refractivity contribution in [1.82, 2.24) is 4.90 Å². The number of aromatic hydroxyl groups is 1. The molecule has 27 heavy (non-hydrogen) atoms. The van der Waals surface area contributed by atoms with Crippen LogP contribution < -0.4 is 5.73 Å². The van der Waals surface area contributed by atoms with Gasteiger partial charge in [0.25, 0.3) is 0 Å². The lowest BCUT2D eigenvalue weighted by molar-refractivity contribution is -0.137. The normalized spacial score (nSPS) is 21.4. The minimum atomic E-state index is -4.47. The van der Waals surface area contributed by atoms with Gasteiger partial charge in [0.2, 0.25) is 0 Å². The van der Waals surface area contributed by atoms with Crippen LogP contribution in [0.5, 0.6) is 5.75 Å². The van der Waals surface area contributed by atoms with Crippen LogP contribution in [-0.2, 0) is 6.18 Å². The van der Waals surface area contributed by atoms with Crippen LogP contribution in [0.15, 0.2) is 41.1 Å². The first kappa shape index (κ1) is 21.4. The number of benzene rings is 1. The van der Waals surface area contributed by atoms with Gasteiger partial charge in [0.1, 0.15) is 5.75 Å². The summed E-state index contributed by atoms with van der Waals surface area (Å²) < 4.78 is 38.7. The molecule has 0 spiro atoms. The average Bonchev–Trinajstić information content (AvgIpc) is 2.93. The zero-order chi connectivity index (χ0) is 20.2. The van der Waals surface area contributed by atoms with E-state index >= 15 is 0 Å². The molecule has 1 aliphatic heterocycles. The highest BCUT2D eigenvalue weighted by Crippen LogP contribution is 2.43. The number of allylic oxidation sites excluding steroid dienone is 1. The Morgan fingerprint density at radius 1 is 1.11 bits per heavy atom. The van der Waals surface area contributed by atoms with Gasteiger partial charge in [0.15, 0.2) is 0 Å². The highest BCUT2D eigenvalue weighted by molar-refractivity contribution is 5.47. The van der Waals surface area contributed by atoms with Gasteiger partial charge < -0.3 is 10.8 Å². The Morgan fingerprint density at radius 2 is 1.78 bits per heavy atom. The Labute approximate surface area is 159 Å². The predicted octanol–water partition coefficient (Wildman–Crippen LogP) is 5.53. The fourth-order valence-corrected chi connectivity index (χ4v) is 3.85. The first-order chi connectivity index (χ1) is 12.8. The second-order valence-electron chi connectivity index (χ2n) is 6.84. The summed E-state index contributed by atoms with van der Waals surface area (Å²) in [5.41, 5.74) is 8.91. The Balaban J connectivity index is 0.00000126. The zero-order valence-corrected chi connectivity index (χ0v) is 16.2. The molecule has 2 aliphatic rings. The van der Waals surface area contributed by atoms with E-state index in [-0.39, 0.29) is 11.8 Å². The summed E-state index contributed by atoms with van der Waals surface area (Å²) in [4.78, 5) is 2.03. The molecular weight excluding hydrogens is 353 g/mol. The first-order valence-corrected chi connectivity index (χ1v) is 9.57. The summed E-state index contributed by atoms with van der Waals surface area (Å²) >= 11 is 0. The fraction of sp³-hybridized carbons (Fsp3) is 0.524. The lowest BCUT2D eigenvalue weighted by Gasteiger charge is -2.30. The van der Waals surface area contributed by atoms with Gasteiger partial charge in [-0.15, -0.1) is 0 Å². The molecule has 0 bridgehead atoms. The number of halogens is 3. The lowest BCUT2D eigenvalue weighted by Crippen LogP contribution is -2.26. The molecule has 0 aromatic heterocycles. The molecule has 0 radical (unpaired) electrons. The van der Waals surface area contributed by atoms with Crippen molar-refractivity contribution in [2.24, 2.45) is 5.73 Å². The first-order valence-electron chi connectivity index (χ1n) is 9.57. The average molecular weight is 382 g/mol. The van der Waals surface area contributed by atoms with Crippen LogP contribution in [0.25, 0.3) is 0 Å². The third kappa shape index (κ3) is 4.67. The Bertz CT molecular complexity index is 723. The van der Waals surface area contributed by atoms with E-state index in [2.05, 4.69) is 0 Å². The number of phenolic OH excluding ortho intramolecular Hbond substituents is 1. The van der Waals surface area contributed by atoms with Gasteiger partial charge in [0, 0.05) is 17.8 Å². The number of nitrogens with two attached hydrogens (primary N) is 1. The van der Waals surface area contributed by atoms with E-state index in [0.29, 0.717) is 12.1 Å². The van der Waals surface area contributed by atoms with Gasteiger partial charge in [-0.05, 0) is 62.1 Å². The Hall–Kier alpha value is -1.95. The molecule has 0 saturated heterocycles. The molecule has 3 rings (SSSR count). The number of likely N-dealkylation sites (N-methyl/N-ethyl adjacent to an activating group) is 1. The summed E-state index contributed by atoms with van der Waals surface area (Å²) in [7, 11) is 1.91. The highest BCUT2D eigenvalue weighted by Gasteiger charge is 2.34. The molecule has 0 saturated carbocycles. The Morgan fingerprint density at radius 3 is 2.41 bits per heavy atom. The van der Waals surface area contributed by atoms with Gasteiger partial charge in [0.05, 0.1) is 11.6 Å². The molecule has 0 fully saturated rings. The van der Waals surface area contributed by atoms with Crippen LogP contribution in [0.2, 0.25) is 0 Å². The van der Waals surface area contributed by atoms with Crippen LogP contribution in [-0.4, -0.2) is 23.6 Å². The molecule has 1 heterocycles. The van der Waals surface area contributed by atoms with Crippen LogP contribution in [0, 0.1) is 0 Å². The van der Waals surface area contributed by atoms with Crippen molar-refractivity contribution in [1.29, 1.82) is 0 Å². The van der Waals surface area contributed by atoms with Gasteiger partial charge in [-0.2, -0.15) is 13.2 Å². The monoisotopic (exact) mass is 382 g/mol. The maximum absolute atomic E-state index is 12.9. The van der Waals surface area contributed by atoms with Gasteiger partial charge in [-0.25, -0.2) is 0 Å². The van der Waals surface area contributed by atoms with Crippen LogP contribution in [0.1, 0.15) is 63.1 Å². The smallest absolute Gasteiger partial charge is 0.416 e. The molecule has 6 heteroatoms. The maximum Gasteiger partial charge on any atom is 0.416 e. The van der Waals surface area contributed by atoms with Gasteiger partial charge >= 0.3 is 6.18 Å². The molecule has 1 aromatic carbocycles. The number of nitrogens with zero attached hydrogens (tertiary/aromatic N) is 1. The van der Waals surface area contributed by atoms with Crippen molar-refractivity contribution < 1.29 is 18.3 Å². The molecule has 1 atom stereocenters. The quantitative estimate of drug-likeness (QED) is 0.672. The minimum absolute atomic E-state index is 0.257. The molecule has 0 amide bonds. The standard InChI is InChI=1S/C19H23F3N2O.C2H6/c1-24-10-9-16(23)13-5-3-2-4-6-14(13)18(24)15-8-7-12(11-17(15)25)19(20,21)22;1-2/h7-9,11,18,25H,2-6,10,23H2,1H3;1-2H3. The Kier molecular flexibility index (Phi) is 6.98. The largest absolute Gasteiger partial charge is 0.508 e. The SMILES string of the molecule is CC.CN1CC=C(N)C2=C(CCCCC2)C1c1ccc(C(F)(F)F)cc1O. The molecule has 150 valence electrons. The second kappa shape index (κ2) is 8.83. The van der Waals surface area contributed by atoms with Crippen molar-refractivity contribution in [2.75, 3.05) is 13.6 Å². The van der Waals surface area contributed by atoms with E-state index in [4.69, 9.17) is 5.73 Å². The second-order valence-corrected chi connectivity index (χ2v) is 6.84. The van der Waals surface area contributed by atoms with Crippen molar-refractivity contribution in [3.8, 4) is 5.75 Å². The lowest BCUT2D eigenvalue weighted by atomic mass is 9.89. The summed E-state index contributed by atoms with van der Waals surface area (Å²) in [5.74, 6) is -0.316. The molecule has 1 aliphatic carbocycles. The van der Waals surface area contributed by atoms with E-state index in [1.807, 2.05) is 31.9 Å². The molecule has 3 nitrogen and oxygen atoms in total. The molecule has 1 aromatic rings. The van der Waals surface area contributed by atoms with E-state index in [0.717, 1.165) is 61.1 Å². The minimum Gasteiger partial charge on any atom is -0.508 e. The number of alkyl halides is 3. The van der Waals surface area contributed by atoms with E-state index < -0.39 is 11.7 Å². The number of rotatable bonds is 1. The summed E-state index contributed by atoms with van der Waals surface area (Å²) in [5, 5.41) is 10.3. The number of phenols is 1. The molecule has 3 N–H and O–H groups in total. The van der Waals surface area contributed by atoms with Crippen molar-refractivity contribution >= 4 is 0 Å². The summed E-state index contributed by atoms with van der Waals surface area (Å²) in [6.45, 7) is 4.59. The topological polar surface area (TPSA) is 49.5 Å². The highest BCUT2D eigenvalue weighted by atomic mass is 19.4. The maximum atomic E-state index is 12.9. The zero-order valence-electron chi connectivity index (χ0n) is 16.2. The molecule has 1 unspecified atom stereocenters. The van der Waals surface area contributed by atoms with Crippen LogP contribution >= 0.6 is 0 Å². The van der Waals surface area contributed by atoms with Crippen LogP contribution in [0.3, 0.4) is 0 Å². The summed E-state index contributed by atoms with van der Waals surface area (Å²) in [6, 6.07) is 3.01. The van der Waals surface area contributed by atoms with Gasteiger partial charge in [-0.1, -0.05) is 26.3 Å². The predicted molar refractivity (Wildman–Crippen MR) is 102 cm³/mol. The van der Waals surface area contributed by atoms with Crippen LogP contribution in [0.4, 0.5) is 13.2 Å². The number of hydrogen-bond acceptors (Lipinski definition) is 3. The van der Waals surface area contributed by atoms with E-state index in [1.54, 1.807) is 0 Å². The number of hydrogen-bond donors (Lipinski definition) is 2. The fourth-order valence-electron chi connectivity index (χ4n) is 3.85. The van der Waals surface area contributed by atoms with Crippen molar-refractivity contribution in [3.63, 3.8) is 0 Å². The van der Waals surface area contributed by atoms with E-state index in [9.17, 15) is 18.3 Å². The molecular formula is C21H29F3N2O. The van der Waals surface area contributed by atoms with Crippen molar-refractivity contribution in [3.05, 3.63) is 52.2 Å². The van der Waals surface area contributed by atoms with Crippen molar-refractivity contribution in [2.45, 2.75) is 58.2 Å². The van der Waals surface area contributed by atoms with Gasteiger partial charge in [-0.3, -0.25) is 4.90 Å². The third-order valence-corrected chi connectivity index (χ3v) is 5.13. The van der Waals surface area contributed by atoms with E-state index in [1.165, 1.54) is 6.07 Å². The summed E-state index contributed by atoms with van der Waals surface area (Å²) in [6.07, 6.45) is 2.41.